The van der Waals surface area contributed by atoms with Crippen LogP contribution in [0.3, 0.4) is 0 Å². The molecule has 0 bridgehead atoms. The number of carbonyl (C=O) groups excluding carboxylic acids is 2. The van der Waals surface area contributed by atoms with E-state index < -0.39 is 6.04 Å². The number of amides is 2. The van der Waals surface area contributed by atoms with Gasteiger partial charge in [-0.1, -0.05) is 0 Å². The van der Waals surface area contributed by atoms with Crippen LogP contribution in [0.25, 0.3) is 5.69 Å². The first-order valence-corrected chi connectivity index (χ1v) is 9.91. The van der Waals surface area contributed by atoms with Gasteiger partial charge in [0.05, 0.1) is 5.69 Å². The number of hydrogen-bond donors (Lipinski definition) is 1. The highest BCUT2D eigenvalue weighted by Gasteiger charge is 2.33. The van der Waals surface area contributed by atoms with Crippen LogP contribution in [0, 0.1) is 0 Å². The molecule has 1 aromatic carbocycles. The maximum absolute atomic E-state index is 13.1. The van der Waals surface area contributed by atoms with Gasteiger partial charge in [-0.2, -0.15) is 10.2 Å². The van der Waals surface area contributed by atoms with Crippen molar-refractivity contribution in [3.63, 3.8) is 0 Å². The Balaban J connectivity index is 1.48. The fourth-order valence-electron chi connectivity index (χ4n) is 3.71. The van der Waals surface area contributed by atoms with Crippen LogP contribution in [0.1, 0.15) is 36.7 Å². The highest BCUT2D eigenvalue weighted by Crippen LogP contribution is 2.22. The molecule has 1 atom stereocenters. The highest BCUT2D eigenvalue weighted by molar-refractivity contribution is 6.00. The molecule has 0 radical (unpaired) electrons. The summed E-state index contributed by atoms with van der Waals surface area (Å²) in [6, 6.07) is 10.6. The third kappa shape index (κ3) is 3.91. The molecule has 8 nitrogen and oxygen atoms in total. The first-order valence-electron chi connectivity index (χ1n) is 9.91. The van der Waals surface area contributed by atoms with Crippen molar-refractivity contribution in [2.45, 2.75) is 38.8 Å². The van der Waals surface area contributed by atoms with E-state index in [9.17, 15) is 9.59 Å². The number of likely N-dealkylation sites (tertiary alicyclic amines) is 1. The smallest absolute Gasteiger partial charge is 0.272 e. The summed E-state index contributed by atoms with van der Waals surface area (Å²) in [4.78, 5) is 27.7. The fourth-order valence-corrected chi connectivity index (χ4v) is 3.71. The van der Waals surface area contributed by atoms with Gasteiger partial charge in [0.15, 0.2) is 0 Å². The number of carbonyl (C=O) groups is 2. The van der Waals surface area contributed by atoms with Gasteiger partial charge in [-0.25, -0.2) is 4.68 Å². The normalized spacial score (nSPS) is 16.6. The lowest BCUT2D eigenvalue weighted by atomic mass is 10.0. The molecular formula is C21H24N6O2. The lowest BCUT2D eigenvalue weighted by Gasteiger charge is -2.34. The molecule has 1 saturated heterocycles. The van der Waals surface area contributed by atoms with Crippen molar-refractivity contribution < 1.29 is 9.59 Å². The zero-order chi connectivity index (χ0) is 20.2. The zero-order valence-electron chi connectivity index (χ0n) is 16.4. The summed E-state index contributed by atoms with van der Waals surface area (Å²) in [7, 11) is 0. The van der Waals surface area contributed by atoms with Crippen LogP contribution >= 0.6 is 0 Å². The largest absolute Gasteiger partial charge is 0.325 e. The molecule has 8 heteroatoms. The van der Waals surface area contributed by atoms with Crippen LogP contribution in [0.4, 0.5) is 5.69 Å². The minimum Gasteiger partial charge on any atom is -0.325 e. The van der Waals surface area contributed by atoms with Gasteiger partial charge in [0.25, 0.3) is 5.91 Å². The Labute approximate surface area is 169 Å². The molecule has 3 heterocycles. The Morgan fingerprint density at radius 2 is 1.93 bits per heavy atom. The van der Waals surface area contributed by atoms with Crippen LogP contribution in [-0.4, -0.2) is 48.9 Å². The third-order valence-corrected chi connectivity index (χ3v) is 5.21. The molecule has 3 aromatic rings. The fraction of sp³-hybridized carbons (Fsp3) is 0.333. The van der Waals surface area contributed by atoms with Crippen LogP contribution in [0.15, 0.2) is 55.0 Å². The Morgan fingerprint density at radius 1 is 1.10 bits per heavy atom. The van der Waals surface area contributed by atoms with Crippen molar-refractivity contribution >= 4 is 17.5 Å². The van der Waals surface area contributed by atoms with Crippen LogP contribution in [0.2, 0.25) is 0 Å². The molecule has 2 amide bonds. The van der Waals surface area contributed by atoms with E-state index in [2.05, 4.69) is 15.5 Å². The van der Waals surface area contributed by atoms with E-state index >= 15 is 0 Å². The van der Waals surface area contributed by atoms with Crippen LogP contribution < -0.4 is 5.32 Å². The number of aromatic nitrogens is 4. The average molecular weight is 392 g/mol. The maximum Gasteiger partial charge on any atom is 0.272 e. The number of piperidine rings is 1. The minimum atomic E-state index is -0.484. The lowest BCUT2D eigenvalue weighted by Crippen LogP contribution is -2.50. The van der Waals surface area contributed by atoms with E-state index in [-0.39, 0.29) is 11.8 Å². The molecule has 2 aromatic heterocycles. The van der Waals surface area contributed by atoms with Crippen LogP contribution in [0.5, 0.6) is 0 Å². The molecule has 1 aliphatic heterocycles. The van der Waals surface area contributed by atoms with E-state index in [1.54, 1.807) is 32.7 Å². The van der Waals surface area contributed by atoms with Gasteiger partial charge in [0.2, 0.25) is 5.91 Å². The Morgan fingerprint density at radius 3 is 2.66 bits per heavy atom. The number of hydrogen-bond acceptors (Lipinski definition) is 4. The summed E-state index contributed by atoms with van der Waals surface area (Å²) in [5.74, 6) is -0.300. The highest BCUT2D eigenvalue weighted by atomic mass is 16.2. The van der Waals surface area contributed by atoms with E-state index in [4.69, 9.17) is 0 Å². The molecule has 0 spiro atoms. The standard InChI is InChI=1S/C21H24N6O2/c1-2-26-19(11-13-23-26)21(29)25-14-4-3-6-18(25)20(28)24-16-7-9-17(10-8-16)27-15-5-12-22-27/h5,7-13,15,18H,2-4,6,14H2,1H3,(H,24,28)/t18-/m1/s1. The van der Waals surface area contributed by atoms with Crippen molar-refractivity contribution in [2.24, 2.45) is 0 Å². The Kier molecular flexibility index (Phi) is 5.41. The number of aryl methyl sites for hydroxylation is 1. The molecule has 0 saturated carbocycles. The third-order valence-electron chi connectivity index (χ3n) is 5.21. The Hall–Kier alpha value is -3.42. The SMILES string of the molecule is CCn1nccc1C(=O)N1CCCC[C@@H]1C(=O)Nc1ccc(-n2cccn2)cc1. The predicted molar refractivity (Wildman–Crippen MR) is 109 cm³/mol. The van der Waals surface area contributed by atoms with Gasteiger partial charge in [-0.3, -0.25) is 14.3 Å². The summed E-state index contributed by atoms with van der Waals surface area (Å²) in [5.41, 5.74) is 2.13. The number of rotatable bonds is 5. The molecule has 0 unspecified atom stereocenters. The molecule has 1 N–H and O–H groups in total. The van der Waals surface area contributed by atoms with Gasteiger partial charge in [0, 0.05) is 37.4 Å². The van der Waals surface area contributed by atoms with Crippen molar-refractivity contribution in [2.75, 3.05) is 11.9 Å². The summed E-state index contributed by atoms with van der Waals surface area (Å²) in [6.07, 6.45) is 7.68. The van der Waals surface area contributed by atoms with Gasteiger partial charge in [-0.05, 0) is 62.6 Å². The van der Waals surface area contributed by atoms with Gasteiger partial charge in [-0.15, -0.1) is 0 Å². The second-order valence-corrected chi connectivity index (χ2v) is 7.03. The quantitative estimate of drug-likeness (QED) is 0.723. The molecule has 150 valence electrons. The summed E-state index contributed by atoms with van der Waals surface area (Å²) < 4.78 is 3.42. The second-order valence-electron chi connectivity index (χ2n) is 7.03. The Bertz CT molecular complexity index is 977. The second kappa shape index (κ2) is 8.30. The summed E-state index contributed by atoms with van der Waals surface area (Å²) >= 11 is 0. The molecule has 29 heavy (non-hydrogen) atoms. The zero-order valence-corrected chi connectivity index (χ0v) is 16.4. The monoisotopic (exact) mass is 392 g/mol. The number of benzene rings is 1. The van der Waals surface area contributed by atoms with E-state index in [1.807, 2.05) is 43.5 Å². The number of nitrogens with one attached hydrogen (secondary N) is 1. The van der Waals surface area contributed by atoms with E-state index in [0.717, 1.165) is 18.5 Å². The molecule has 0 aliphatic carbocycles. The van der Waals surface area contributed by atoms with Crippen molar-refractivity contribution in [3.05, 3.63) is 60.7 Å². The first kappa shape index (κ1) is 18.9. The van der Waals surface area contributed by atoms with Crippen LogP contribution in [-0.2, 0) is 11.3 Å². The van der Waals surface area contributed by atoms with Gasteiger partial charge < -0.3 is 10.2 Å². The first-order chi connectivity index (χ1) is 14.2. The van der Waals surface area contributed by atoms with Gasteiger partial charge in [0.1, 0.15) is 11.7 Å². The van der Waals surface area contributed by atoms with Gasteiger partial charge >= 0.3 is 0 Å². The van der Waals surface area contributed by atoms with Crippen molar-refractivity contribution in [3.8, 4) is 5.69 Å². The summed E-state index contributed by atoms with van der Waals surface area (Å²) in [6.45, 7) is 3.13. The molecular weight excluding hydrogens is 368 g/mol. The topological polar surface area (TPSA) is 85.0 Å². The van der Waals surface area contributed by atoms with E-state index in [1.165, 1.54) is 0 Å². The number of anilines is 1. The average Bonchev–Trinajstić information content (AvgIpc) is 3.45. The van der Waals surface area contributed by atoms with Crippen molar-refractivity contribution in [1.82, 2.24) is 24.5 Å². The van der Waals surface area contributed by atoms with Crippen molar-refractivity contribution in [1.29, 1.82) is 0 Å². The molecule has 1 fully saturated rings. The number of nitrogens with zero attached hydrogens (tertiary/aromatic N) is 5. The molecule has 4 rings (SSSR count). The molecule has 1 aliphatic rings. The minimum absolute atomic E-state index is 0.141. The van der Waals surface area contributed by atoms with E-state index in [0.29, 0.717) is 30.9 Å². The summed E-state index contributed by atoms with van der Waals surface area (Å²) in [5, 5.41) is 11.3. The maximum atomic E-state index is 13.1. The lowest BCUT2D eigenvalue weighted by molar-refractivity contribution is -0.121. The predicted octanol–water partition coefficient (Wildman–Crippen LogP) is 2.72.